The van der Waals surface area contributed by atoms with Gasteiger partial charge in [0.2, 0.25) is 5.91 Å². The summed E-state index contributed by atoms with van der Waals surface area (Å²) in [6.45, 7) is 5.40. The predicted octanol–water partition coefficient (Wildman–Crippen LogP) is 1.13. The first kappa shape index (κ1) is 17.2. The Hall–Kier alpha value is -1.90. The molecule has 2 N–H and O–H groups in total. The number of carbonyl (C=O) groups excluding carboxylic acids is 1. The number of aliphatic hydroxyl groups excluding tert-OH is 1. The molecule has 114 valence electrons. The maximum absolute atomic E-state index is 14.0. The number of rotatable bonds is 6. The van der Waals surface area contributed by atoms with Crippen LogP contribution < -0.4 is 5.32 Å². The van der Waals surface area contributed by atoms with Crippen molar-refractivity contribution in [1.82, 2.24) is 10.2 Å². The van der Waals surface area contributed by atoms with Crippen molar-refractivity contribution in [3.05, 3.63) is 35.1 Å². The Kier molecular flexibility index (Phi) is 7.44. The first-order chi connectivity index (χ1) is 10.1. The molecule has 0 fully saturated rings. The number of carbonyl (C=O) groups is 1. The van der Waals surface area contributed by atoms with Crippen LogP contribution in [-0.2, 0) is 11.3 Å². The van der Waals surface area contributed by atoms with E-state index in [-0.39, 0.29) is 24.9 Å². The summed E-state index contributed by atoms with van der Waals surface area (Å²) in [5.74, 6) is 4.72. The Morgan fingerprint density at radius 1 is 1.43 bits per heavy atom. The topological polar surface area (TPSA) is 52.6 Å². The van der Waals surface area contributed by atoms with E-state index in [9.17, 15) is 9.18 Å². The third kappa shape index (κ3) is 5.94. The van der Waals surface area contributed by atoms with E-state index in [1.165, 1.54) is 6.07 Å². The normalized spacial score (nSPS) is 10.1. The first-order valence-electron chi connectivity index (χ1n) is 6.97. The van der Waals surface area contributed by atoms with Crippen molar-refractivity contribution in [3.8, 4) is 11.8 Å². The second-order valence-electron chi connectivity index (χ2n) is 4.52. The first-order valence-corrected chi connectivity index (χ1v) is 6.97. The van der Waals surface area contributed by atoms with Gasteiger partial charge < -0.3 is 10.4 Å². The molecule has 5 heteroatoms. The van der Waals surface area contributed by atoms with Gasteiger partial charge in [-0.2, -0.15) is 0 Å². The average Bonchev–Trinajstić information content (AvgIpc) is 2.46. The third-order valence-electron chi connectivity index (χ3n) is 2.95. The van der Waals surface area contributed by atoms with Gasteiger partial charge in [0.05, 0.1) is 6.54 Å². The average molecular weight is 292 g/mol. The number of benzene rings is 1. The van der Waals surface area contributed by atoms with E-state index in [4.69, 9.17) is 5.11 Å². The summed E-state index contributed by atoms with van der Waals surface area (Å²) in [4.78, 5) is 13.4. The minimum absolute atomic E-state index is 0.0646. The Balaban J connectivity index is 2.74. The fourth-order valence-electron chi connectivity index (χ4n) is 1.87. The van der Waals surface area contributed by atoms with E-state index in [0.29, 0.717) is 30.8 Å². The second kappa shape index (κ2) is 9.11. The van der Waals surface area contributed by atoms with Gasteiger partial charge in [0.25, 0.3) is 0 Å². The molecule has 0 saturated carbocycles. The number of hydrogen-bond acceptors (Lipinski definition) is 3. The molecular weight excluding hydrogens is 271 g/mol. The fourth-order valence-corrected chi connectivity index (χ4v) is 1.87. The number of nitrogens with one attached hydrogen (secondary N) is 1. The van der Waals surface area contributed by atoms with Crippen molar-refractivity contribution in [2.24, 2.45) is 0 Å². The number of aliphatic hydroxyl groups is 1. The minimum atomic E-state index is -0.353. The highest BCUT2D eigenvalue weighted by molar-refractivity contribution is 5.77. The SMILES string of the molecule is CCNC(=O)CN(CC)Cc1ccc(C#CCO)cc1F. The van der Waals surface area contributed by atoms with Gasteiger partial charge in [0.1, 0.15) is 12.4 Å². The van der Waals surface area contributed by atoms with Crippen LogP contribution >= 0.6 is 0 Å². The van der Waals surface area contributed by atoms with E-state index in [0.717, 1.165) is 0 Å². The fraction of sp³-hybridized carbons (Fsp3) is 0.438. The highest BCUT2D eigenvalue weighted by Crippen LogP contribution is 2.12. The Morgan fingerprint density at radius 2 is 2.19 bits per heavy atom. The molecule has 0 aliphatic carbocycles. The molecule has 0 aliphatic rings. The van der Waals surface area contributed by atoms with Crippen LogP contribution in [0.15, 0.2) is 18.2 Å². The van der Waals surface area contributed by atoms with Gasteiger partial charge in [-0.15, -0.1) is 0 Å². The van der Waals surface area contributed by atoms with Crippen molar-refractivity contribution >= 4 is 5.91 Å². The van der Waals surface area contributed by atoms with E-state index in [1.54, 1.807) is 12.1 Å². The molecule has 0 aliphatic heterocycles. The van der Waals surface area contributed by atoms with Crippen LogP contribution in [-0.4, -0.2) is 42.2 Å². The summed E-state index contributed by atoms with van der Waals surface area (Å²) in [5, 5.41) is 11.3. The Bertz CT molecular complexity index is 535. The molecule has 1 rings (SSSR count). The lowest BCUT2D eigenvalue weighted by Gasteiger charge is -2.20. The Labute approximate surface area is 125 Å². The third-order valence-corrected chi connectivity index (χ3v) is 2.95. The molecule has 0 bridgehead atoms. The largest absolute Gasteiger partial charge is 0.384 e. The number of likely N-dealkylation sites (N-methyl/N-ethyl adjacent to an activating group) is 2. The van der Waals surface area contributed by atoms with E-state index in [2.05, 4.69) is 17.2 Å². The van der Waals surface area contributed by atoms with Crippen molar-refractivity contribution in [3.63, 3.8) is 0 Å². The van der Waals surface area contributed by atoms with E-state index in [1.807, 2.05) is 18.7 Å². The highest BCUT2D eigenvalue weighted by Gasteiger charge is 2.11. The molecule has 0 heterocycles. The highest BCUT2D eigenvalue weighted by atomic mass is 19.1. The molecule has 0 saturated heterocycles. The molecule has 1 aromatic rings. The molecule has 21 heavy (non-hydrogen) atoms. The zero-order chi connectivity index (χ0) is 15.7. The summed E-state index contributed by atoms with van der Waals surface area (Å²) >= 11 is 0. The van der Waals surface area contributed by atoms with Gasteiger partial charge >= 0.3 is 0 Å². The predicted molar refractivity (Wildman–Crippen MR) is 80.0 cm³/mol. The maximum Gasteiger partial charge on any atom is 0.234 e. The van der Waals surface area contributed by atoms with Gasteiger partial charge in [-0.05, 0) is 25.6 Å². The van der Waals surface area contributed by atoms with Crippen LogP contribution in [0.4, 0.5) is 4.39 Å². The molecular formula is C16H21FN2O2. The number of hydrogen-bond donors (Lipinski definition) is 2. The standard InChI is InChI=1S/C16H21FN2O2/c1-3-18-16(21)12-19(4-2)11-14-8-7-13(6-5-9-20)10-15(14)17/h7-8,10,20H,3-4,9,11-12H2,1-2H3,(H,18,21). The number of nitrogens with zero attached hydrogens (tertiary/aromatic N) is 1. The molecule has 0 aromatic heterocycles. The van der Waals surface area contributed by atoms with Crippen molar-refractivity contribution in [2.45, 2.75) is 20.4 Å². The van der Waals surface area contributed by atoms with Gasteiger partial charge in [-0.25, -0.2) is 4.39 Å². The van der Waals surface area contributed by atoms with Crippen molar-refractivity contribution < 1.29 is 14.3 Å². The lowest BCUT2D eigenvalue weighted by molar-refractivity contribution is -0.122. The van der Waals surface area contributed by atoms with E-state index >= 15 is 0 Å². The monoisotopic (exact) mass is 292 g/mol. The molecule has 0 radical (unpaired) electrons. The molecule has 0 atom stereocenters. The van der Waals surface area contributed by atoms with Crippen molar-refractivity contribution in [2.75, 3.05) is 26.2 Å². The molecule has 1 aromatic carbocycles. The quantitative estimate of drug-likeness (QED) is 0.773. The number of halogens is 1. The molecule has 0 spiro atoms. The molecule has 4 nitrogen and oxygen atoms in total. The summed E-state index contributed by atoms with van der Waals surface area (Å²) in [6, 6.07) is 4.72. The van der Waals surface area contributed by atoms with Gasteiger partial charge in [-0.3, -0.25) is 9.69 Å². The molecule has 0 unspecified atom stereocenters. The summed E-state index contributed by atoms with van der Waals surface area (Å²) < 4.78 is 14.0. The zero-order valence-electron chi connectivity index (χ0n) is 12.4. The van der Waals surface area contributed by atoms with Crippen LogP contribution in [0.3, 0.4) is 0 Å². The van der Waals surface area contributed by atoms with Crippen LogP contribution in [0.25, 0.3) is 0 Å². The van der Waals surface area contributed by atoms with Gasteiger partial charge in [0.15, 0.2) is 0 Å². The zero-order valence-corrected chi connectivity index (χ0v) is 12.4. The number of amides is 1. The van der Waals surface area contributed by atoms with Crippen LogP contribution in [0.2, 0.25) is 0 Å². The second-order valence-corrected chi connectivity index (χ2v) is 4.52. The smallest absolute Gasteiger partial charge is 0.234 e. The van der Waals surface area contributed by atoms with E-state index < -0.39 is 0 Å². The minimum Gasteiger partial charge on any atom is -0.384 e. The summed E-state index contributed by atoms with van der Waals surface area (Å²) in [5.41, 5.74) is 1.05. The van der Waals surface area contributed by atoms with Gasteiger partial charge in [-0.1, -0.05) is 24.8 Å². The lowest BCUT2D eigenvalue weighted by Crippen LogP contribution is -2.36. The summed E-state index contributed by atoms with van der Waals surface area (Å²) in [7, 11) is 0. The van der Waals surface area contributed by atoms with Gasteiger partial charge in [0, 0.05) is 24.2 Å². The van der Waals surface area contributed by atoms with Crippen LogP contribution in [0, 0.1) is 17.7 Å². The Morgan fingerprint density at radius 3 is 2.76 bits per heavy atom. The summed E-state index contributed by atoms with van der Waals surface area (Å²) in [6.07, 6.45) is 0. The van der Waals surface area contributed by atoms with Crippen LogP contribution in [0.5, 0.6) is 0 Å². The lowest BCUT2D eigenvalue weighted by atomic mass is 10.1. The van der Waals surface area contributed by atoms with Crippen molar-refractivity contribution in [1.29, 1.82) is 0 Å². The molecule has 1 amide bonds. The van der Waals surface area contributed by atoms with Crippen LogP contribution in [0.1, 0.15) is 25.0 Å². The maximum atomic E-state index is 14.0.